The van der Waals surface area contributed by atoms with E-state index in [-0.39, 0.29) is 0 Å². The average molecular weight is 661 g/mol. The van der Waals surface area contributed by atoms with Crippen molar-refractivity contribution in [1.29, 1.82) is 0 Å². The van der Waals surface area contributed by atoms with Gasteiger partial charge in [0.05, 0.1) is 11.1 Å². The number of rotatable bonds is 16. The highest BCUT2D eigenvalue weighted by Gasteiger charge is 2.23. The van der Waals surface area contributed by atoms with E-state index in [9.17, 15) is 9.59 Å². The minimum absolute atomic E-state index is 0.357. The third-order valence-corrected chi connectivity index (χ3v) is 7.31. The van der Waals surface area contributed by atoms with Gasteiger partial charge in [0.15, 0.2) is 0 Å². The molecule has 48 heavy (non-hydrogen) atoms. The Bertz CT molecular complexity index is 1470. The smallest absolute Gasteiger partial charge is 0.344 e. The van der Waals surface area contributed by atoms with E-state index in [4.69, 9.17) is 9.47 Å². The lowest BCUT2D eigenvalue weighted by molar-refractivity contribution is 0.0725. The Morgan fingerprint density at radius 2 is 0.812 bits per heavy atom. The second-order valence-electron chi connectivity index (χ2n) is 14.3. The van der Waals surface area contributed by atoms with E-state index in [1.807, 2.05) is 84.6 Å². The van der Waals surface area contributed by atoms with Gasteiger partial charge in [-0.15, -0.1) is 0 Å². The van der Waals surface area contributed by atoms with Crippen LogP contribution in [0.3, 0.4) is 0 Å². The van der Waals surface area contributed by atoms with Gasteiger partial charge in [-0.05, 0) is 143 Å². The molecule has 0 saturated heterocycles. The van der Waals surface area contributed by atoms with Crippen LogP contribution in [0, 0.1) is 0 Å². The van der Waals surface area contributed by atoms with Gasteiger partial charge in [0.25, 0.3) is 0 Å². The molecule has 262 valence electrons. The van der Waals surface area contributed by atoms with Crippen molar-refractivity contribution in [2.45, 2.75) is 39.3 Å². The first-order chi connectivity index (χ1) is 22.5. The number of benzene rings is 3. The van der Waals surface area contributed by atoms with E-state index >= 15 is 0 Å². The van der Waals surface area contributed by atoms with Gasteiger partial charge in [-0.2, -0.15) is 0 Å². The number of carbonyl (C=O) groups excluding carboxylic acids is 2. The predicted octanol–water partition coefficient (Wildman–Crippen LogP) is 4.49. The van der Waals surface area contributed by atoms with E-state index < -0.39 is 11.9 Å². The maximum Gasteiger partial charge on any atom is 0.344 e. The molecule has 0 heterocycles. The van der Waals surface area contributed by atoms with Crippen molar-refractivity contribution in [2.24, 2.45) is 0 Å². The maximum atomic E-state index is 13.8. The fourth-order valence-corrected chi connectivity index (χ4v) is 5.79. The summed E-state index contributed by atoms with van der Waals surface area (Å²) in [6, 6.07) is 15.0. The fourth-order valence-electron chi connectivity index (χ4n) is 5.79. The molecule has 0 unspecified atom stereocenters. The van der Waals surface area contributed by atoms with Crippen molar-refractivity contribution in [2.75, 3.05) is 84.6 Å². The lowest BCUT2D eigenvalue weighted by Crippen LogP contribution is -2.23. The Hall–Kier alpha value is -3.64. The van der Waals surface area contributed by atoms with Crippen LogP contribution in [-0.2, 0) is 39.3 Å². The van der Waals surface area contributed by atoms with E-state index in [1.165, 1.54) is 0 Å². The number of nitrogens with zero attached hydrogens (tertiary/aromatic N) is 6. The van der Waals surface area contributed by atoms with Crippen molar-refractivity contribution < 1.29 is 19.1 Å². The van der Waals surface area contributed by atoms with Gasteiger partial charge in [0.1, 0.15) is 11.5 Å². The third-order valence-electron chi connectivity index (χ3n) is 7.31. The molecule has 0 atom stereocenters. The van der Waals surface area contributed by atoms with E-state index in [0.29, 0.717) is 48.8 Å². The summed E-state index contributed by atoms with van der Waals surface area (Å²) in [5.74, 6) is 0.0521. The lowest BCUT2D eigenvalue weighted by Gasteiger charge is -2.22. The Labute approximate surface area is 288 Å². The molecule has 0 aliphatic rings. The molecule has 10 nitrogen and oxygen atoms in total. The number of hydrogen-bond donors (Lipinski definition) is 0. The Kier molecular flexibility index (Phi) is 14.3. The van der Waals surface area contributed by atoms with Crippen LogP contribution in [0.5, 0.6) is 11.5 Å². The zero-order chi connectivity index (χ0) is 35.7. The van der Waals surface area contributed by atoms with Crippen molar-refractivity contribution >= 4 is 11.9 Å². The fraction of sp³-hybridized carbons (Fsp3) is 0.474. The van der Waals surface area contributed by atoms with Gasteiger partial charge in [-0.25, -0.2) is 9.59 Å². The minimum atomic E-state index is -0.466. The summed E-state index contributed by atoms with van der Waals surface area (Å²) in [5.41, 5.74) is 6.98. The van der Waals surface area contributed by atoms with Gasteiger partial charge in [-0.1, -0.05) is 12.1 Å². The molecule has 0 radical (unpaired) electrons. The summed E-state index contributed by atoms with van der Waals surface area (Å²) in [6.07, 6.45) is 0. The Balaban J connectivity index is 1.92. The third kappa shape index (κ3) is 11.8. The number of carbonyl (C=O) groups is 2. The summed E-state index contributed by atoms with van der Waals surface area (Å²) >= 11 is 0. The predicted molar refractivity (Wildman–Crippen MR) is 194 cm³/mol. The minimum Gasteiger partial charge on any atom is -0.423 e. The molecule has 3 aromatic rings. The van der Waals surface area contributed by atoms with Crippen LogP contribution in [0.4, 0.5) is 0 Å². The summed E-state index contributed by atoms with van der Waals surface area (Å²) in [6.45, 7) is 3.99. The molecule has 0 N–H and O–H groups in total. The molecular weight excluding hydrogens is 604 g/mol. The lowest BCUT2D eigenvalue weighted by atomic mass is 9.96. The molecule has 0 saturated carbocycles. The van der Waals surface area contributed by atoms with Gasteiger partial charge in [-0.3, -0.25) is 0 Å². The molecule has 3 rings (SSSR count). The highest BCUT2D eigenvalue weighted by molar-refractivity contribution is 5.95. The van der Waals surface area contributed by atoms with Gasteiger partial charge in [0, 0.05) is 50.4 Å². The van der Waals surface area contributed by atoms with Crippen molar-refractivity contribution in [3.8, 4) is 11.5 Å². The quantitative estimate of drug-likeness (QED) is 0.162. The van der Waals surface area contributed by atoms with Crippen LogP contribution in [-0.4, -0.2) is 126 Å². The van der Waals surface area contributed by atoms with Crippen molar-refractivity contribution in [3.05, 3.63) is 93.0 Å². The highest BCUT2D eigenvalue weighted by Crippen LogP contribution is 2.30. The molecule has 3 aromatic carbocycles. The maximum absolute atomic E-state index is 13.8. The summed E-state index contributed by atoms with van der Waals surface area (Å²) in [5, 5.41) is 0. The standard InChI is InChI=1S/C38H56N6O4/c1-39(2)21-27-17-30(23-41(5)6)35(31(18-27)24-42(7)8)38(46)47-34-15-13-29(14-16-34)37(45)48-36-32(25-43(9)10)19-28(22-40(3)4)20-33(36)26-44(11)12/h13-20H,21-26H2,1-12H3. The van der Waals surface area contributed by atoms with Gasteiger partial charge >= 0.3 is 11.9 Å². The zero-order valence-corrected chi connectivity index (χ0v) is 31.2. The van der Waals surface area contributed by atoms with Crippen LogP contribution in [0.2, 0.25) is 0 Å². The second-order valence-corrected chi connectivity index (χ2v) is 14.3. The van der Waals surface area contributed by atoms with E-state index in [2.05, 4.69) is 53.7 Å². The van der Waals surface area contributed by atoms with Gasteiger partial charge < -0.3 is 38.9 Å². The summed E-state index contributed by atoms with van der Waals surface area (Å²) in [7, 11) is 24.1. The van der Waals surface area contributed by atoms with Crippen LogP contribution in [0.1, 0.15) is 54.1 Å². The molecule has 0 bridgehead atoms. The first-order valence-corrected chi connectivity index (χ1v) is 16.2. The number of esters is 2. The highest BCUT2D eigenvalue weighted by atomic mass is 16.5. The Morgan fingerprint density at radius 1 is 0.458 bits per heavy atom. The van der Waals surface area contributed by atoms with Crippen molar-refractivity contribution in [1.82, 2.24) is 29.4 Å². The molecule has 0 spiro atoms. The van der Waals surface area contributed by atoms with Crippen LogP contribution >= 0.6 is 0 Å². The topological polar surface area (TPSA) is 72.0 Å². The van der Waals surface area contributed by atoms with Crippen LogP contribution in [0.25, 0.3) is 0 Å². The molecule has 0 aliphatic heterocycles. The van der Waals surface area contributed by atoms with Crippen molar-refractivity contribution in [3.63, 3.8) is 0 Å². The largest absolute Gasteiger partial charge is 0.423 e. The normalized spacial score (nSPS) is 11.9. The molecule has 0 aromatic heterocycles. The summed E-state index contributed by atoms with van der Waals surface area (Å²) < 4.78 is 12.1. The molecule has 0 fully saturated rings. The zero-order valence-electron chi connectivity index (χ0n) is 31.2. The Morgan fingerprint density at radius 3 is 1.19 bits per heavy atom. The average Bonchev–Trinajstić information content (AvgIpc) is 2.93. The molecule has 10 heteroatoms. The monoisotopic (exact) mass is 660 g/mol. The SMILES string of the molecule is CN(C)Cc1cc(CN(C)C)c(OC(=O)c2ccc(OC(=O)c3c(CN(C)C)cc(CN(C)C)cc3CN(C)C)cc2)c(CN(C)C)c1. The molecular formula is C38H56N6O4. The number of hydrogen-bond acceptors (Lipinski definition) is 10. The molecule has 0 amide bonds. The summed E-state index contributed by atoms with van der Waals surface area (Å²) in [4.78, 5) is 39.8. The van der Waals surface area contributed by atoms with E-state index in [0.717, 1.165) is 46.5 Å². The van der Waals surface area contributed by atoms with Gasteiger partial charge in [0.2, 0.25) is 0 Å². The van der Waals surface area contributed by atoms with Crippen LogP contribution in [0.15, 0.2) is 48.5 Å². The van der Waals surface area contributed by atoms with E-state index in [1.54, 1.807) is 24.3 Å². The second kappa shape index (κ2) is 17.7. The first-order valence-electron chi connectivity index (χ1n) is 16.2. The molecule has 0 aliphatic carbocycles. The first kappa shape index (κ1) is 38.8. The number of ether oxygens (including phenoxy) is 2. The van der Waals surface area contributed by atoms with Crippen LogP contribution < -0.4 is 9.47 Å².